The minimum Gasteiger partial charge on any atom is -0.457 e. The highest BCUT2D eigenvalue weighted by atomic mass is 31.2. The summed E-state index contributed by atoms with van der Waals surface area (Å²) in [4.78, 5) is 23.2. The molecule has 0 aromatic heterocycles. The average molecular weight is 919 g/mol. The van der Waals surface area contributed by atoms with Crippen molar-refractivity contribution in [3.05, 3.63) is 109 Å². The second-order valence-electron chi connectivity index (χ2n) is 15.8. The average Bonchev–Trinajstić information content (AvgIpc) is 3.28. The standard InChI is InChI=1S/C51H83O12P/c1-3-5-7-9-11-13-15-17-19-21-23-24-26-28-30-32-34-36-38-40-45(52)62-44(43-61-64(58,59)63-51-49(56)47(54)46(53)48(55)50(51)57)42-60-41-39-37-35-33-31-29-27-25-22-20-18-16-14-12-10-8-6-4-2/h5-8,11-14,17-20,23-25,27,31,33,44,46-51,53-57H,3-4,9-10,15-16,21-22,26,28-30,32,34-43H2,1-2H3,(H,58,59)/b7-5-,8-6-,13-11-,14-12-,19-17-,20-18-,24-23-,27-25-,33-31-. The van der Waals surface area contributed by atoms with Crippen molar-refractivity contribution in [3.8, 4) is 0 Å². The molecule has 0 radical (unpaired) electrons. The number of esters is 1. The van der Waals surface area contributed by atoms with E-state index >= 15 is 0 Å². The van der Waals surface area contributed by atoms with E-state index in [-0.39, 0.29) is 13.0 Å². The van der Waals surface area contributed by atoms with Crippen LogP contribution in [0.25, 0.3) is 0 Å². The van der Waals surface area contributed by atoms with Gasteiger partial charge in [0.1, 0.15) is 42.7 Å². The van der Waals surface area contributed by atoms with Gasteiger partial charge < -0.3 is 39.9 Å². The molecule has 13 heteroatoms. The highest BCUT2D eigenvalue weighted by Crippen LogP contribution is 2.47. The fourth-order valence-electron chi connectivity index (χ4n) is 6.43. The summed E-state index contributed by atoms with van der Waals surface area (Å²) in [5.74, 6) is -0.512. The topological polar surface area (TPSA) is 192 Å². The third-order valence-electron chi connectivity index (χ3n) is 10.1. The second-order valence-corrected chi connectivity index (χ2v) is 17.2. The smallest absolute Gasteiger partial charge is 0.457 e. The van der Waals surface area contributed by atoms with Crippen molar-refractivity contribution in [3.63, 3.8) is 0 Å². The first-order valence-corrected chi connectivity index (χ1v) is 25.2. The van der Waals surface area contributed by atoms with Gasteiger partial charge in [-0.1, -0.05) is 149 Å². The number of ether oxygens (including phenoxy) is 2. The van der Waals surface area contributed by atoms with Crippen molar-refractivity contribution in [1.82, 2.24) is 0 Å². The summed E-state index contributed by atoms with van der Waals surface area (Å²) >= 11 is 0. The van der Waals surface area contributed by atoms with E-state index in [0.29, 0.717) is 13.0 Å². The van der Waals surface area contributed by atoms with Crippen LogP contribution in [0.1, 0.15) is 142 Å². The zero-order chi connectivity index (χ0) is 46.9. The van der Waals surface area contributed by atoms with Crippen LogP contribution in [0.4, 0.5) is 0 Å². The largest absolute Gasteiger partial charge is 0.472 e. The van der Waals surface area contributed by atoms with Crippen LogP contribution >= 0.6 is 7.82 Å². The molecule has 6 atom stereocenters. The zero-order valence-corrected chi connectivity index (χ0v) is 39.7. The van der Waals surface area contributed by atoms with E-state index in [9.17, 15) is 39.8 Å². The van der Waals surface area contributed by atoms with Crippen molar-refractivity contribution in [2.45, 2.75) is 185 Å². The lowest BCUT2D eigenvalue weighted by Gasteiger charge is -2.41. The number of hydrogen-bond acceptors (Lipinski definition) is 11. The fourth-order valence-corrected chi connectivity index (χ4v) is 7.40. The summed E-state index contributed by atoms with van der Waals surface area (Å²) in [6.07, 6.45) is 44.4. The summed E-state index contributed by atoms with van der Waals surface area (Å²) in [6, 6.07) is 0. The van der Waals surface area contributed by atoms with Gasteiger partial charge in [0.2, 0.25) is 0 Å². The number of hydrogen-bond donors (Lipinski definition) is 6. The molecule has 0 aromatic carbocycles. The molecule has 6 N–H and O–H groups in total. The van der Waals surface area contributed by atoms with Gasteiger partial charge in [-0.2, -0.15) is 0 Å². The molecule has 1 rings (SSSR count). The van der Waals surface area contributed by atoms with Gasteiger partial charge in [0.15, 0.2) is 0 Å². The normalized spacial score (nSPS) is 22.7. The predicted molar refractivity (Wildman–Crippen MR) is 257 cm³/mol. The molecule has 0 saturated heterocycles. The van der Waals surface area contributed by atoms with Crippen LogP contribution in [-0.2, 0) is 27.9 Å². The lowest BCUT2D eigenvalue weighted by molar-refractivity contribution is -0.220. The summed E-state index contributed by atoms with van der Waals surface area (Å²) < 4.78 is 34.2. The van der Waals surface area contributed by atoms with E-state index in [2.05, 4.69) is 123 Å². The Balaban J connectivity index is 2.44. The number of carbonyl (C=O) groups is 1. The van der Waals surface area contributed by atoms with Crippen LogP contribution in [0, 0.1) is 0 Å². The zero-order valence-electron chi connectivity index (χ0n) is 38.8. The van der Waals surface area contributed by atoms with Gasteiger partial charge in [0.05, 0.1) is 13.2 Å². The number of phosphoric ester groups is 1. The van der Waals surface area contributed by atoms with Crippen LogP contribution in [0.3, 0.4) is 0 Å². The maximum atomic E-state index is 12.8. The molecule has 6 unspecified atom stereocenters. The molecule has 0 amide bonds. The van der Waals surface area contributed by atoms with Crippen LogP contribution < -0.4 is 0 Å². The number of rotatable bonds is 38. The number of aliphatic hydroxyl groups excluding tert-OH is 5. The van der Waals surface area contributed by atoms with Crippen molar-refractivity contribution in [2.24, 2.45) is 0 Å². The van der Waals surface area contributed by atoms with Crippen molar-refractivity contribution < 1.29 is 58.3 Å². The van der Waals surface area contributed by atoms with Crippen LogP contribution in [0.15, 0.2) is 109 Å². The number of aliphatic hydroxyl groups is 5. The first kappa shape index (κ1) is 59.0. The summed E-state index contributed by atoms with van der Waals surface area (Å²) in [7, 11) is -5.05. The minimum atomic E-state index is -5.05. The van der Waals surface area contributed by atoms with Crippen LogP contribution in [-0.4, -0.2) is 98.9 Å². The van der Waals surface area contributed by atoms with E-state index in [1.165, 1.54) is 0 Å². The highest BCUT2D eigenvalue weighted by molar-refractivity contribution is 7.47. The monoisotopic (exact) mass is 919 g/mol. The molecule has 364 valence electrons. The molecule has 0 heterocycles. The number of carbonyl (C=O) groups excluding carboxylic acids is 1. The van der Waals surface area contributed by atoms with Gasteiger partial charge >= 0.3 is 13.8 Å². The Morgan fingerprint density at radius 2 is 0.875 bits per heavy atom. The minimum absolute atomic E-state index is 0.120. The molecule has 1 aliphatic rings. The van der Waals surface area contributed by atoms with Crippen LogP contribution in [0.2, 0.25) is 0 Å². The molecule has 1 aliphatic carbocycles. The van der Waals surface area contributed by atoms with Gasteiger partial charge in [0, 0.05) is 13.0 Å². The molecule has 0 aliphatic heterocycles. The van der Waals surface area contributed by atoms with E-state index in [1.54, 1.807) is 0 Å². The number of unbranched alkanes of at least 4 members (excludes halogenated alkanes) is 8. The summed E-state index contributed by atoms with van der Waals surface area (Å²) in [6.45, 7) is 3.89. The van der Waals surface area contributed by atoms with Gasteiger partial charge in [-0.3, -0.25) is 13.8 Å². The first-order chi connectivity index (χ1) is 31.0. The molecular weight excluding hydrogens is 836 g/mol. The Morgan fingerprint density at radius 1 is 0.500 bits per heavy atom. The Hall–Kier alpha value is -3.00. The maximum Gasteiger partial charge on any atom is 0.472 e. The Kier molecular flexibility index (Phi) is 37.2. The van der Waals surface area contributed by atoms with E-state index < -0.39 is 63.1 Å². The third-order valence-corrected chi connectivity index (χ3v) is 11.1. The SMILES string of the molecule is CC/C=C\C/C=C\C/C=C\C/C=C\C/C=C\CCCCOCC(COP(=O)(O)OC1C(O)C(O)C(O)C(O)C1O)OC(=O)CCCCCCCC/C=C\C/C=C\C/C=C\C/C=C\CC. The van der Waals surface area contributed by atoms with E-state index in [1.807, 2.05) is 0 Å². The summed E-state index contributed by atoms with van der Waals surface area (Å²) in [5.41, 5.74) is 0. The Morgan fingerprint density at radius 3 is 1.33 bits per heavy atom. The molecule has 1 fully saturated rings. The van der Waals surface area contributed by atoms with Crippen molar-refractivity contribution in [1.29, 1.82) is 0 Å². The van der Waals surface area contributed by atoms with Gasteiger partial charge in [-0.15, -0.1) is 0 Å². The van der Waals surface area contributed by atoms with Gasteiger partial charge in [-0.25, -0.2) is 4.57 Å². The fraction of sp³-hybridized carbons (Fsp3) is 0.627. The lowest BCUT2D eigenvalue weighted by Crippen LogP contribution is -2.64. The maximum absolute atomic E-state index is 12.8. The van der Waals surface area contributed by atoms with E-state index in [0.717, 1.165) is 116 Å². The molecule has 12 nitrogen and oxygen atoms in total. The molecule has 64 heavy (non-hydrogen) atoms. The van der Waals surface area contributed by atoms with Crippen molar-refractivity contribution >= 4 is 13.8 Å². The predicted octanol–water partition coefficient (Wildman–Crippen LogP) is 10.1. The van der Waals surface area contributed by atoms with E-state index in [4.69, 9.17) is 18.5 Å². The molecular formula is C51H83O12P. The lowest BCUT2D eigenvalue weighted by atomic mass is 9.85. The number of allylic oxidation sites excluding steroid dienone is 18. The molecule has 0 bridgehead atoms. The third kappa shape index (κ3) is 31.8. The van der Waals surface area contributed by atoms with Crippen molar-refractivity contribution in [2.75, 3.05) is 19.8 Å². The Labute approximate surface area is 385 Å². The number of phosphoric acid groups is 1. The molecule has 0 spiro atoms. The first-order valence-electron chi connectivity index (χ1n) is 23.7. The second kappa shape index (κ2) is 40.3. The van der Waals surface area contributed by atoms with Gasteiger partial charge in [0.25, 0.3) is 0 Å². The quantitative estimate of drug-likeness (QED) is 0.0149. The van der Waals surface area contributed by atoms with Gasteiger partial charge in [-0.05, 0) is 96.3 Å². The molecule has 1 saturated carbocycles. The van der Waals surface area contributed by atoms with Crippen LogP contribution in [0.5, 0.6) is 0 Å². The molecule has 0 aromatic rings. The highest BCUT2D eigenvalue weighted by Gasteiger charge is 2.51. The Bertz CT molecular complexity index is 1470. The summed E-state index contributed by atoms with van der Waals surface area (Å²) in [5, 5.41) is 50.2.